The number of fused-ring (bicyclic) bond motifs is 1. The van der Waals surface area contributed by atoms with Crippen molar-refractivity contribution in [1.82, 2.24) is 29.4 Å². The molecule has 0 aliphatic carbocycles. The summed E-state index contributed by atoms with van der Waals surface area (Å²) in [5, 5.41) is 3.29. The third-order valence-corrected chi connectivity index (χ3v) is 5.05. The molecule has 7 nitrogen and oxygen atoms in total. The Kier molecular flexibility index (Phi) is 4.40. The normalized spacial score (nSPS) is 13.3. The van der Waals surface area contributed by atoms with E-state index >= 15 is 0 Å². The van der Waals surface area contributed by atoms with E-state index in [-0.39, 0.29) is 0 Å². The highest BCUT2D eigenvalue weighted by atomic mass is 15.2. The van der Waals surface area contributed by atoms with E-state index in [1.54, 1.807) is 18.6 Å². The van der Waals surface area contributed by atoms with Gasteiger partial charge in [-0.3, -0.25) is 4.98 Å². The number of pyridine rings is 1. The Morgan fingerprint density at radius 3 is 2.62 bits per heavy atom. The second-order valence-electron chi connectivity index (χ2n) is 7.10. The van der Waals surface area contributed by atoms with Crippen molar-refractivity contribution in [2.24, 2.45) is 7.05 Å². The quantitative estimate of drug-likeness (QED) is 0.564. The Labute approximate surface area is 168 Å². The SMILES string of the molecule is Cn1c(-c2ccncc2)nc2cnc(Nc3ccc(CN4C=CCC4)cc3)nc21. The van der Waals surface area contributed by atoms with Crippen molar-refractivity contribution in [2.45, 2.75) is 13.0 Å². The molecule has 0 amide bonds. The first-order chi connectivity index (χ1) is 14.3. The van der Waals surface area contributed by atoms with E-state index in [1.807, 2.05) is 23.7 Å². The van der Waals surface area contributed by atoms with E-state index in [0.717, 1.165) is 47.7 Å². The van der Waals surface area contributed by atoms with Crippen molar-refractivity contribution in [3.05, 3.63) is 72.8 Å². The molecule has 0 fully saturated rings. The smallest absolute Gasteiger partial charge is 0.229 e. The van der Waals surface area contributed by atoms with E-state index in [0.29, 0.717) is 5.95 Å². The highest BCUT2D eigenvalue weighted by molar-refractivity contribution is 5.77. The number of rotatable bonds is 5. The van der Waals surface area contributed by atoms with Gasteiger partial charge in [-0.2, -0.15) is 4.98 Å². The van der Waals surface area contributed by atoms with Gasteiger partial charge >= 0.3 is 0 Å². The van der Waals surface area contributed by atoms with Crippen LogP contribution < -0.4 is 5.32 Å². The Bertz CT molecular complexity index is 1160. The van der Waals surface area contributed by atoms with Crippen molar-refractivity contribution < 1.29 is 0 Å². The lowest BCUT2D eigenvalue weighted by molar-refractivity contribution is 0.400. The minimum absolute atomic E-state index is 0.553. The third kappa shape index (κ3) is 3.54. The van der Waals surface area contributed by atoms with Gasteiger partial charge in [-0.15, -0.1) is 0 Å². The van der Waals surface area contributed by atoms with E-state index in [4.69, 9.17) is 0 Å². The molecule has 0 atom stereocenters. The number of anilines is 2. The summed E-state index contributed by atoms with van der Waals surface area (Å²) in [6.45, 7) is 2.03. The van der Waals surface area contributed by atoms with Gasteiger partial charge in [0.05, 0.1) is 6.20 Å². The zero-order chi connectivity index (χ0) is 19.6. The van der Waals surface area contributed by atoms with Gasteiger partial charge in [-0.25, -0.2) is 9.97 Å². The van der Waals surface area contributed by atoms with Crippen LogP contribution in [0.4, 0.5) is 11.6 Å². The summed E-state index contributed by atoms with van der Waals surface area (Å²) in [7, 11) is 1.96. The third-order valence-electron chi connectivity index (χ3n) is 5.05. The molecule has 0 spiro atoms. The summed E-state index contributed by atoms with van der Waals surface area (Å²) < 4.78 is 1.98. The first-order valence-corrected chi connectivity index (χ1v) is 9.63. The Morgan fingerprint density at radius 1 is 1.03 bits per heavy atom. The van der Waals surface area contributed by atoms with E-state index in [1.165, 1.54) is 5.56 Å². The van der Waals surface area contributed by atoms with Crippen molar-refractivity contribution >= 4 is 22.8 Å². The maximum atomic E-state index is 4.67. The van der Waals surface area contributed by atoms with Gasteiger partial charge in [-0.05, 0) is 42.4 Å². The molecule has 29 heavy (non-hydrogen) atoms. The Hall–Kier alpha value is -3.74. The average Bonchev–Trinajstić information content (AvgIpc) is 3.38. The van der Waals surface area contributed by atoms with Gasteiger partial charge in [0, 0.05) is 43.8 Å². The predicted octanol–water partition coefficient (Wildman–Crippen LogP) is 3.89. The summed E-state index contributed by atoms with van der Waals surface area (Å²) in [5.74, 6) is 1.39. The zero-order valence-electron chi connectivity index (χ0n) is 16.2. The second-order valence-corrected chi connectivity index (χ2v) is 7.10. The van der Waals surface area contributed by atoms with E-state index < -0.39 is 0 Å². The summed E-state index contributed by atoms with van der Waals surface area (Å²) in [4.78, 5) is 20.1. The average molecular weight is 383 g/mol. The molecule has 0 saturated heterocycles. The molecule has 1 N–H and O–H groups in total. The van der Waals surface area contributed by atoms with Crippen LogP contribution in [0.15, 0.2) is 67.3 Å². The molecule has 0 bridgehead atoms. The monoisotopic (exact) mass is 383 g/mol. The molecular weight excluding hydrogens is 362 g/mol. The molecular formula is C22H21N7. The second kappa shape index (κ2) is 7.35. The van der Waals surface area contributed by atoms with Crippen LogP contribution in [-0.2, 0) is 13.6 Å². The molecule has 4 heterocycles. The molecule has 1 aromatic carbocycles. The van der Waals surface area contributed by atoms with Crippen LogP contribution in [0, 0.1) is 0 Å². The lowest BCUT2D eigenvalue weighted by atomic mass is 10.2. The minimum atomic E-state index is 0.553. The molecule has 1 aliphatic heterocycles. The van der Waals surface area contributed by atoms with Crippen molar-refractivity contribution in [3.63, 3.8) is 0 Å². The number of hydrogen-bond acceptors (Lipinski definition) is 6. The number of aromatic nitrogens is 5. The van der Waals surface area contributed by atoms with Crippen molar-refractivity contribution in [1.29, 1.82) is 0 Å². The van der Waals surface area contributed by atoms with Crippen LogP contribution in [-0.4, -0.2) is 35.9 Å². The Morgan fingerprint density at radius 2 is 1.86 bits per heavy atom. The molecule has 0 unspecified atom stereocenters. The molecule has 4 aromatic rings. The van der Waals surface area contributed by atoms with E-state index in [2.05, 4.69) is 66.7 Å². The molecule has 5 rings (SSSR count). The molecule has 3 aromatic heterocycles. The van der Waals surface area contributed by atoms with Gasteiger partial charge in [0.1, 0.15) is 11.3 Å². The fourth-order valence-electron chi connectivity index (χ4n) is 3.53. The maximum Gasteiger partial charge on any atom is 0.229 e. The van der Waals surface area contributed by atoms with Crippen LogP contribution in [0.3, 0.4) is 0 Å². The van der Waals surface area contributed by atoms with Crippen molar-refractivity contribution in [3.8, 4) is 11.4 Å². The highest BCUT2D eigenvalue weighted by Crippen LogP contribution is 2.23. The Balaban J connectivity index is 1.36. The topological polar surface area (TPSA) is 71.8 Å². The largest absolute Gasteiger partial charge is 0.373 e. The first-order valence-electron chi connectivity index (χ1n) is 9.63. The van der Waals surface area contributed by atoms with Crippen molar-refractivity contribution in [2.75, 3.05) is 11.9 Å². The lowest BCUT2D eigenvalue weighted by Crippen LogP contribution is -2.13. The minimum Gasteiger partial charge on any atom is -0.373 e. The van der Waals surface area contributed by atoms with Crippen LogP contribution >= 0.6 is 0 Å². The molecule has 1 aliphatic rings. The van der Waals surface area contributed by atoms with Gasteiger partial charge < -0.3 is 14.8 Å². The zero-order valence-corrected chi connectivity index (χ0v) is 16.2. The number of nitrogens with zero attached hydrogens (tertiary/aromatic N) is 6. The molecule has 0 radical (unpaired) electrons. The number of benzene rings is 1. The van der Waals surface area contributed by atoms with Crippen LogP contribution in [0.1, 0.15) is 12.0 Å². The van der Waals surface area contributed by atoms with Crippen LogP contribution in [0.2, 0.25) is 0 Å². The van der Waals surface area contributed by atoms with Gasteiger partial charge in [0.15, 0.2) is 5.65 Å². The van der Waals surface area contributed by atoms with Crippen LogP contribution in [0.25, 0.3) is 22.6 Å². The predicted molar refractivity (Wildman–Crippen MR) is 113 cm³/mol. The standard InChI is InChI=1S/C22H21N7/c1-28-20(17-8-10-23-11-9-17)26-19-14-24-22(27-21(19)28)25-18-6-4-16(5-7-18)15-29-12-2-3-13-29/h2,4-12,14H,3,13,15H2,1H3,(H,24,25,27). The summed E-state index contributed by atoms with van der Waals surface area (Å²) >= 11 is 0. The first kappa shape index (κ1) is 17.4. The fraction of sp³-hybridized carbons (Fsp3) is 0.182. The molecule has 144 valence electrons. The highest BCUT2D eigenvalue weighted by Gasteiger charge is 2.12. The van der Waals surface area contributed by atoms with Gasteiger partial charge in [-0.1, -0.05) is 18.2 Å². The van der Waals surface area contributed by atoms with Crippen LogP contribution in [0.5, 0.6) is 0 Å². The fourth-order valence-corrected chi connectivity index (χ4v) is 3.53. The molecule has 7 heteroatoms. The molecule has 0 saturated carbocycles. The van der Waals surface area contributed by atoms with Gasteiger partial charge in [0.25, 0.3) is 0 Å². The summed E-state index contributed by atoms with van der Waals surface area (Å²) in [5.41, 5.74) is 4.79. The van der Waals surface area contributed by atoms with E-state index in [9.17, 15) is 0 Å². The lowest BCUT2D eigenvalue weighted by Gasteiger charge is -2.15. The summed E-state index contributed by atoms with van der Waals surface area (Å²) in [6, 6.07) is 12.3. The van der Waals surface area contributed by atoms with Gasteiger partial charge in [0.2, 0.25) is 5.95 Å². The number of nitrogens with one attached hydrogen (secondary N) is 1. The maximum absolute atomic E-state index is 4.67. The number of hydrogen-bond donors (Lipinski definition) is 1. The summed E-state index contributed by atoms with van der Waals surface area (Å²) in [6.07, 6.45) is 10.8. The number of imidazole rings is 1. The number of aryl methyl sites for hydroxylation is 1.